The van der Waals surface area contributed by atoms with Gasteiger partial charge in [0.1, 0.15) is 16.9 Å². The molecule has 1 aromatic carbocycles. The van der Waals surface area contributed by atoms with Crippen molar-refractivity contribution in [2.24, 2.45) is 0 Å². The first-order valence-electron chi connectivity index (χ1n) is 4.86. The van der Waals surface area contributed by atoms with E-state index in [0.717, 1.165) is 10.8 Å². The zero-order valence-electron chi connectivity index (χ0n) is 8.31. The third kappa shape index (κ3) is 1.13. The number of halogens is 1. The molecule has 0 aliphatic carbocycles. The predicted octanol–water partition coefficient (Wildman–Crippen LogP) is 2.50. The highest BCUT2D eigenvalue weighted by Crippen LogP contribution is 2.27. The van der Waals surface area contributed by atoms with Crippen LogP contribution in [0.1, 0.15) is 0 Å². The van der Waals surface area contributed by atoms with E-state index < -0.39 is 0 Å². The summed E-state index contributed by atoms with van der Waals surface area (Å²) in [5.74, 6) is -0.108. The molecule has 0 atom stereocenters. The summed E-state index contributed by atoms with van der Waals surface area (Å²) < 4.78 is 13.6. The molecule has 16 heavy (non-hydrogen) atoms. The first kappa shape index (κ1) is 9.03. The molecule has 0 amide bonds. The Morgan fingerprint density at radius 1 is 1.00 bits per heavy atom. The molecule has 78 valence electrons. The van der Waals surface area contributed by atoms with Gasteiger partial charge in [-0.05, 0) is 12.1 Å². The monoisotopic (exact) mass is 213 g/mol. The number of hydrogen-bond donors (Lipinski definition) is 1. The molecule has 2 aromatic heterocycles. The minimum Gasteiger partial charge on any atom is -0.382 e. The van der Waals surface area contributed by atoms with Crippen molar-refractivity contribution in [3.8, 4) is 0 Å². The van der Waals surface area contributed by atoms with Crippen molar-refractivity contribution >= 4 is 27.6 Å². The predicted molar refractivity (Wildman–Crippen MR) is 61.4 cm³/mol. The number of anilines is 1. The van der Waals surface area contributed by atoms with E-state index in [1.165, 1.54) is 6.07 Å². The maximum absolute atomic E-state index is 13.6. The number of pyridine rings is 2. The second kappa shape index (κ2) is 3.13. The highest BCUT2D eigenvalue weighted by molar-refractivity contribution is 6.07. The molecule has 0 saturated carbocycles. The van der Waals surface area contributed by atoms with E-state index >= 15 is 0 Å². The van der Waals surface area contributed by atoms with Crippen LogP contribution in [-0.2, 0) is 0 Å². The second-order valence-electron chi connectivity index (χ2n) is 3.53. The maximum Gasteiger partial charge on any atom is 0.150 e. The van der Waals surface area contributed by atoms with Crippen molar-refractivity contribution in [2.45, 2.75) is 0 Å². The van der Waals surface area contributed by atoms with Crippen LogP contribution in [0.5, 0.6) is 0 Å². The SMILES string of the molecule is Nc1nc2c(F)cccc2c2cccnc12. The lowest BCUT2D eigenvalue weighted by molar-refractivity contribution is 0.637. The summed E-state index contributed by atoms with van der Waals surface area (Å²) in [4.78, 5) is 8.19. The summed E-state index contributed by atoms with van der Waals surface area (Å²) in [5.41, 5.74) is 6.65. The fourth-order valence-electron chi connectivity index (χ4n) is 1.85. The Labute approximate surface area is 90.7 Å². The quantitative estimate of drug-likeness (QED) is 0.584. The molecule has 0 bridgehead atoms. The molecule has 3 rings (SSSR count). The molecule has 0 aliphatic heterocycles. The Balaban J connectivity index is 2.64. The molecule has 0 fully saturated rings. The van der Waals surface area contributed by atoms with Crippen molar-refractivity contribution in [1.29, 1.82) is 0 Å². The summed E-state index contributed by atoms with van der Waals surface area (Å²) in [5, 5.41) is 1.56. The third-order valence-corrected chi connectivity index (χ3v) is 2.56. The maximum atomic E-state index is 13.6. The summed E-state index contributed by atoms with van der Waals surface area (Å²) in [6.07, 6.45) is 1.64. The Morgan fingerprint density at radius 3 is 2.62 bits per heavy atom. The summed E-state index contributed by atoms with van der Waals surface area (Å²) in [6, 6.07) is 8.50. The van der Waals surface area contributed by atoms with Crippen molar-refractivity contribution < 1.29 is 4.39 Å². The fourth-order valence-corrected chi connectivity index (χ4v) is 1.85. The van der Waals surface area contributed by atoms with Crippen molar-refractivity contribution in [3.63, 3.8) is 0 Å². The van der Waals surface area contributed by atoms with Crippen molar-refractivity contribution in [2.75, 3.05) is 5.73 Å². The molecule has 0 aliphatic rings. The Morgan fingerprint density at radius 2 is 1.75 bits per heavy atom. The van der Waals surface area contributed by atoms with Crippen LogP contribution in [0, 0.1) is 5.82 Å². The van der Waals surface area contributed by atoms with Gasteiger partial charge in [-0.3, -0.25) is 4.98 Å². The van der Waals surface area contributed by atoms with Crippen LogP contribution in [-0.4, -0.2) is 9.97 Å². The van der Waals surface area contributed by atoms with E-state index in [0.29, 0.717) is 11.0 Å². The molecule has 2 heterocycles. The minimum absolute atomic E-state index is 0.258. The van der Waals surface area contributed by atoms with Crippen LogP contribution >= 0.6 is 0 Å². The number of aromatic nitrogens is 2. The number of fused-ring (bicyclic) bond motifs is 3. The minimum atomic E-state index is -0.366. The summed E-state index contributed by atoms with van der Waals surface area (Å²) in [6.45, 7) is 0. The largest absolute Gasteiger partial charge is 0.382 e. The first-order valence-corrected chi connectivity index (χ1v) is 4.86. The van der Waals surface area contributed by atoms with Gasteiger partial charge in [0.2, 0.25) is 0 Å². The number of rotatable bonds is 0. The highest BCUT2D eigenvalue weighted by Gasteiger charge is 2.09. The van der Waals surface area contributed by atoms with E-state index in [-0.39, 0.29) is 11.6 Å². The fraction of sp³-hybridized carbons (Fsp3) is 0. The molecule has 2 N–H and O–H groups in total. The van der Waals surface area contributed by atoms with Crippen LogP contribution in [0.15, 0.2) is 36.5 Å². The van der Waals surface area contributed by atoms with Gasteiger partial charge in [-0.25, -0.2) is 9.37 Å². The number of para-hydroxylation sites is 1. The number of nitrogens with two attached hydrogens (primary N) is 1. The normalized spacial score (nSPS) is 11.1. The molecule has 0 spiro atoms. The van der Waals surface area contributed by atoms with Crippen molar-refractivity contribution in [1.82, 2.24) is 9.97 Å². The second-order valence-corrected chi connectivity index (χ2v) is 3.53. The molecular weight excluding hydrogens is 205 g/mol. The molecule has 4 heteroatoms. The zero-order valence-corrected chi connectivity index (χ0v) is 8.31. The summed E-state index contributed by atoms with van der Waals surface area (Å²) in [7, 11) is 0. The van der Waals surface area contributed by atoms with Crippen LogP contribution < -0.4 is 5.73 Å². The van der Waals surface area contributed by atoms with Gasteiger partial charge >= 0.3 is 0 Å². The lowest BCUT2D eigenvalue weighted by Crippen LogP contribution is -1.96. The molecule has 3 aromatic rings. The standard InChI is InChI=1S/C12H8FN3/c13-9-5-1-3-7-8-4-2-6-15-11(8)12(14)16-10(7)9/h1-6H,(H2,14,16). The number of hydrogen-bond acceptors (Lipinski definition) is 3. The van der Waals surface area contributed by atoms with Gasteiger partial charge in [0.05, 0.1) is 0 Å². The number of nitrogen functional groups attached to an aromatic ring is 1. The van der Waals surface area contributed by atoms with Crippen LogP contribution in [0.25, 0.3) is 21.8 Å². The van der Waals surface area contributed by atoms with Crippen LogP contribution in [0.4, 0.5) is 10.2 Å². The zero-order chi connectivity index (χ0) is 11.1. The lowest BCUT2D eigenvalue weighted by Gasteiger charge is -2.05. The average Bonchev–Trinajstić information content (AvgIpc) is 2.31. The van der Waals surface area contributed by atoms with E-state index in [1.807, 2.05) is 12.1 Å². The van der Waals surface area contributed by atoms with Gasteiger partial charge in [-0.2, -0.15) is 0 Å². The van der Waals surface area contributed by atoms with E-state index in [2.05, 4.69) is 9.97 Å². The van der Waals surface area contributed by atoms with Gasteiger partial charge in [0.25, 0.3) is 0 Å². The number of nitrogens with zero attached hydrogens (tertiary/aromatic N) is 2. The van der Waals surface area contributed by atoms with E-state index in [4.69, 9.17) is 5.73 Å². The van der Waals surface area contributed by atoms with Crippen molar-refractivity contribution in [3.05, 3.63) is 42.3 Å². The molecule has 0 radical (unpaired) electrons. The van der Waals surface area contributed by atoms with Gasteiger partial charge in [-0.15, -0.1) is 0 Å². The van der Waals surface area contributed by atoms with E-state index in [9.17, 15) is 4.39 Å². The first-order chi connectivity index (χ1) is 7.77. The highest BCUT2D eigenvalue weighted by atomic mass is 19.1. The molecule has 0 unspecified atom stereocenters. The van der Waals surface area contributed by atoms with E-state index in [1.54, 1.807) is 18.3 Å². The summed E-state index contributed by atoms with van der Waals surface area (Å²) >= 11 is 0. The third-order valence-electron chi connectivity index (χ3n) is 2.56. The Kier molecular flexibility index (Phi) is 1.77. The van der Waals surface area contributed by atoms with Crippen LogP contribution in [0.3, 0.4) is 0 Å². The average molecular weight is 213 g/mol. The van der Waals surface area contributed by atoms with Gasteiger partial charge < -0.3 is 5.73 Å². The number of benzene rings is 1. The lowest BCUT2D eigenvalue weighted by atomic mass is 10.1. The molecule has 0 saturated heterocycles. The van der Waals surface area contributed by atoms with Crippen LogP contribution in [0.2, 0.25) is 0 Å². The molecule has 3 nitrogen and oxygen atoms in total. The smallest absolute Gasteiger partial charge is 0.150 e. The Hall–Kier alpha value is -2.23. The van der Waals surface area contributed by atoms with Gasteiger partial charge in [0, 0.05) is 17.0 Å². The molecular formula is C12H8FN3. The van der Waals surface area contributed by atoms with Gasteiger partial charge in [-0.1, -0.05) is 18.2 Å². The topological polar surface area (TPSA) is 51.8 Å². The Bertz CT molecular complexity index is 689. The van der Waals surface area contributed by atoms with Gasteiger partial charge in [0.15, 0.2) is 5.82 Å².